The summed E-state index contributed by atoms with van der Waals surface area (Å²) < 4.78 is 0. The minimum atomic E-state index is -1.22. The topological polar surface area (TPSA) is 100 Å². The second-order valence-electron chi connectivity index (χ2n) is 3.41. The molecule has 2 N–H and O–H groups in total. The van der Waals surface area contributed by atoms with Crippen LogP contribution in [-0.2, 0) is 0 Å². The van der Waals surface area contributed by atoms with Crippen LogP contribution in [0.25, 0.3) is 11.1 Å². The predicted molar refractivity (Wildman–Crippen MR) is 61.4 cm³/mol. The molecule has 0 spiro atoms. The van der Waals surface area contributed by atoms with E-state index < -0.39 is 11.9 Å². The Labute approximate surface area is 102 Å². The molecule has 2 aromatic heterocycles. The fourth-order valence-electron chi connectivity index (χ4n) is 1.59. The van der Waals surface area contributed by atoms with E-state index in [0.29, 0.717) is 0 Å². The van der Waals surface area contributed by atoms with E-state index in [4.69, 9.17) is 10.2 Å². The van der Waals surface area contributed by atoms with Gasteiger partial charge in [0.05, 0.1) is 0 Å². The predicted octanol–water partition coefficient (Wildman–Crippen LogP) is 1.54. The minimum absolute atomic E-state index is 0.201. The second-order valence-corrected chi connectivity index (χ2v) is 3.41. The molecule has 0 aliphatic heterocycles. The summed E-state index contributed by atoms with van der Waals surface area (Å²) in [6.07, 6.45) is 2.67. The summed E-state index contributed by atoms with van der Waals surface area (Å²) in [5, 5.41) is 18.1. The van der Waals surface area contributed by atoms with E-state index in [1.165, 1.54) is 24.5 Å². The molecule has 0 aromatic carbocycles. The molecule has 90 valence electrons. The number of carbonyl (C=O) groups is 2. The highest BCUT2D eigenvalue weighted by atomic mass is 16.4. The zero-order chi connectivity index (χ0) is 13.1. The van der Waals surface area contributed by atoms with Crippen LogP contribution in [0.5, 0.6) is 0 Å². The van der Waals surface area contributed by atoms with Crippen molar-refractivity contribution in [3.8, 4) is 11.1 Å². The maximum absolute atomic E-state index is 11.0. The largest absolute Gasteiger partial charge is 0.476 e. The molecule has 0 saturated heterocycles. The third-order valence-electron chi connectivity index (χ3n) is 2.31. The van der Waals surface area contributed by atoms with Crippen molar-refractivity contribution in [3.63, 3.8) is 0 Å². The number of nitrogens with zero attached hydrogens (tertiary/aromatic N) is 2. The maximum atomic E-state index is 11.0. The van der Waals surface area contributed by atoms with E-state index in [-0.39, 0.29) is 22.5 Å². The second kappa shape index (κ2) is 4.62. The van der Waals surface area contributed by atoms with Crippen molar-refractivity contribution < 1.29 is 19.8 Å². The molecule has 0 atom stereocenters. The van der Waals surface area contributed by atoms with Crippen LogP contribution in [0.3, 0.4) is 0 Å². The molecule has 2 aromatic rings. The summed E-state index contributed by atoms with van der Waals surface area (Å²) in [5.74, 6) is -2.43. The normalized spacial score (nSPS) is 10.0. The van der Waals surface area contributed by atoms with Crippen LogP contribution >= 0.6 is 0 Å². The summed E-state index contributed by atoms with van der Waals surface area (Å²) in [7, 11) is 0. The Morgan fingerprint density at radius 2 is 1.22 bits per heavy atom. The molecular formula is C12H8N2O4. The molecule has 2 heterocycles. The first-order valence-electron chi connectivity index (χ1n) is 4.98. The number of pyridine rings is 2. The van der Waals surface area contributed by atoms with E-state index in [0.717, 1.165) is 0 Å². The number of aromatic nitrogens is 2. The molecule has 0 bridgehead atoms. The van der Waals surface area contributed by atoms with Crippen molar-refractivity contribution in [2.45, 2.75) is 0 Å². The van der Waals surface area contributed by atoms with Crippen LogP contribution in [-0.4, -0.2) is 32.1 Å². The van der Waals surface area contributed by atoms with Gasteiger partial charge in [-0.2, -0.15) is 0 Å². The third kappa shape index (κ3) is 2.03. The molecule has 0 saturated carbocycles. The first-order valence-corrected chi connectivity index (χ1v) is 4.98. The molecule has 18 heavy (non-hydrogen) atoms. The summed E-state index contributed by atoms with van der Waals surface area (Å²) in [4.78, 5) is 29.6. The summed E-state index contributed by atoms with van der Waals surface area (Å²) in [6, 6.07) is 6.08. The Balaban J connectivity index is 2.70. The molecule has 0 fully saturated rings. The Morgan fingerprint density at radius 3 is 1.56 bits per heavy atom. The minimum Gasteiger partial charge on any atom is -0.476 e. The van der Waals surface area contributed by atoms with Gasteiger partial charge >= 0.3 is 11.9 Å². The highest BCUT2D eigenvalue weighted by molar-refractivity contribution is 5.99. The van der Waals surface area contributed by atoms with E-state index >= 15 is 0 Å². The molecule has 0 aliphatic rings. The maximum Gasteiger partial charge on any atom is 0.355 e. The first kappa shape index (κ1) is 11.7. The lowest BCUT2D eigenvalue weighted by atomic mass is 10.0. The van der Waals surface area contributed by atoms with Crippen molar-refractivity contribution in [2.75, 3.05) is 0 Å². The SMILES string of the molecule is O=C(O)c1ncccc1-c1cccnc1C(=O)O. The molecule has 0 aliphatic carbocycles. The quantitative estimate of drug-likeness (QED) is 0.849. The van der Waals surface area contributed by atoms with E-state index in [1.54, 1.807) is 12.1 Å². The monoisotopic (exact) mass is 244 g/mol. The first-order chi connectivity index (χ1) is 8.61. The fourth-order valence-corrected chi connectivity index (χ4v) is 1.59. The molecule has 0 radical (unpaired) electrons. The van der Waals surface area contributed by atoms with Gasteiger partial charge < -0.3 is 10.2 Å². The van der Waals surface area contributed by atoms with Crippen LogP contribution in [0, 0.1) is 0 Å². The molecule has 6 heteroatoms. The smallest absolute Gasteiger partial charge is 0.355 e. The van der Waals surface area contributed by atoms with Crippen molar-refractivity contribution in [1.29, 1.82) is 0 Å². The van der Waals surface area contributed by atoms with Gasteiger partial charge in [0.15, 0.2) is 11.4 Å². The van der Waals surface area contributed by atoms with Crippen molar-refractivity contribution in [3.05, 3.63) is 48.0 Å². The summed E-state index contributed by atoms with van der Waals surface area (Å²) in [5.41, 5.74) is 0.0620. The summed E-state index contributed by atoms with van der Waals surface area (Å²) in [6.45, 7) is 0. The fraction of sp³-hybridized carbons (Fsp3) is 0. The van der Waals surface area contributed by atoms with Crippen molar-refractivity contribution in [2.24, 2.45) is 0 Å². The van der Waals surface area contributed by atoms with Crippen LogP contribution < -0.4 is 0 Å². The van der Waals surface area contributed by atoms with Crippen LogP contribution in [0.1, 0.15) is 21.0 Å². The van der Waals surface area contributed by atoms with Gasteiger partial charge in [0.2, 0.25) is 0 Å². The summed E-state index contributed by atoms with van der Waals surface area (Å²) >= 11 is 0. The molecule has 0 unspecified atom stereocenters. The molecule has 6 nitrogen and oxygen atoms in total. The van der Waals surface area contributed by atoms with Gasteiger partial charge in [-0.05, 0) is 12.1 Å². The lowest BCUT2D eigenvalue weighted by Gasteiger charge is -2.07. The Morgan fingerprint density at radius 1 is 0.833 bits per heavy atom. The van der Waals surface area contributed by atoms with Gasteiger partial charge in [-0.15, -0.1) is 0 Å². The number of carboxylic acids is 2. The average Bonchev–Trinajstić information content (AvgIpc) is 2.38. The molecular weight excluding hydrogens is 236 g/mol. The molecule has 0 amide bonds. The lowest BCUT2D eigenvalue weighted by Crippen LogP contribution is -2.07. The van der Waals surface area contributed by atoms with Gasteiger partial charge in [0, 0.05) is 23.5 Å². The van der Waals surface area contributed by atoms with E-state index in [9.17, 15) is 9.59 Å². The van der Waals surface area contributed by atoms with Gasteiger partial charge in [0.1, 0.15) is 0 Å². The van der Waals surface area contributed by atoms with Crippen molar-refractivity contribution in [1.82, 2.24) is 9.97 Å². The number of hydrogen-bond donors (Lipinski definition) is 2. The average molecular weight is 244 g/mol. The number of rotatable bonds is 3. The van der Waals surface area contributed by atoms with E-state index in [2.05, 4.69) is 9.97 Å². The lowest BCUT2D eigenvalue weighted by molar-refractivity contribution is 0.0678. The number of aromatic carboxylic acids is 2. The van der Waals surface area contributed by atoms with Gasteiger partial charge in [0.25, 0.3) is 0 Å². The Bertz CT molecular complexity index is 569. The van der Waals surface area contributed by atoms with E-state index in [1.807, 2.05) is 0 Å². The Hall–Kier alpha value is -2.76. The number of hydrogen-bond acceptors (Lipinski definition) is 4. The van der Waals surface area contributed by atoms with Crippen molar-refractivity contribution >= 4 is 11.9 Å². The van der Waals surface area contributed by atoms with Crippen LogP contribution in [0.15, 0.2) is 36.7 Å². The van der Waals surface area contributed by atoms with Crippen LogP contribution in [0.2, 0.25) is 0 Å². The Kier molecular flexibility index (Phi) is 3.01. The highest BCUT2D eigenvalue weighted by Crippen LogP contribution is 2.24. The third-order valence-corrected chi connectivity index (χ3v) is 2.31. The van der Waals surface area contributed by atoms with Crippen LogP contribution in [0.4, 0.5) is 0 Å². The van der Waals surface area contributed by atoms with Gasteiger partial charge in [-0.3, -0.25) is 0 Å². The van der Waals surface area contributed by atoms with Gasteiger partial charge in [-0.25, -0.2) is 19.6 Å². The standard InChI is InChI=1S/C12H8N2O4/c15-11(16)9-7(3-1-5-13-9)8-4-2-6-14-10(8)12(17)18/h1-6H,(H,15,16)(H,17,18). The zero-order valence-corrected chi connectivity index (χ0v) is 9.07. The van der Waals surface area contributed by atoms with Gasteiger partial charge in [-0.1, -0.05) is 12.1 Å². The molecule has 2 rings (SSSR count). The highest BCUT2D eigenvalue weighted by Gasteiger charge is 2.18. The number of carboxylic acid groups (broad SMARTS) is 2. The zero-order valence-electron chi connectivity index (χ0n) is 9.07.